The number of likely N-dealkylation sites (N-methyl/N-ethyl adjacent to an activating group) is 1. The molecule has 4 rings (SSSR count). The molecule has 2 N–H and O–H groups in total. The first-order chi connectivity index (χ1) is 21.0. The molecular formula is C33H40Cl2N4O5. The predicted octanol–water partition coefficient (Wildman–Crippen LogP) is 5.92. The SMILES string of the molecule is CN1Cc2c(Cl)cc(Cl)cc2[C@H](c2cccc(-c3ccc(C(=O)NCCOCCOCCNC(=O)OC(C)(C)C)nc3)c2)C1. The lowest BCUT2D eigenvalue weighted by Gasteiger charge is -2.33. The monoisotopic (exact) mass is 642 g/mol. The van der Waals surface area contributed by atoms with Gasteiger partial charge in [0, 0.05) is 53.9 Å². The molecule has 0 radical (unpaired) electrons. The molecule has 0 saturated heterocycles. The Morgan fingerprint density at radius 1 is 0.955 bits per heavy atom. The zero-order valence-corrected chi connectivity index (χ0v) is 27.1. The zero-order valence-electron chi connectivity index (χ0n) is 25.6. The molecule has 236 valence electrons. The van der Waals surface area contributed by atoms with Gasteiger partial charge in [-0.1, -0.05) is 53.5 Å². The standard InChI is InChI=1S/C33H40Cl2N4O5/c1-33(2,3)44-32(41)37-11-13-43-15-14-42-12-10-36-31(40)30-9-8-24(19-38-30)22-6-5-7-23(16-22)27-20-39(4)21-28-26(27)17-25(34)18-29(28)35/h5-9,16-19,27H,10-15,20-21H2,1-4H3,(H,36,40)(H,37,41)/t27-/m0/s1. The van der Waals surface area contributed by atoms with Crippen LogP contribution in [0.4, 0.5) is 4.79 Å². The first-order valence-electron chi connectivity index (χ1n) is 14.6. The molecule has 2 aromatic carbocycles. The fourth-order valence-corrected chi connectivity index (χ4v) is 5.52. The summed E-state index contributed by atoms with van der Waals surface area (Å²) < 4.78 is 16.1. The first-order valence-corrected chi connectivity index (χ1v) is 15.4. The van der Waals surface area contributed by atoms with E-state index >= 15 is 0 Å². The highest BCUT2D eigenvalue weighted by Gasteiger charge is 2.27. The van der Waals surface area contributed by atoms with Crippen LogP contribution in [-0.2, 0) is 20.8 Å². The lowest BCUT2D eigenvalue weighted by Crippen LogP contribution is -2.34. The quantitative estimate of drug-likeness (QED) is 0.236. The number of hydrogen-bond acceptors (Lipinski definition) is 7. The molecule has 0 fully saturated rings. The molecule has 1 atom stereocenters. The van der Waals surface area contributed by atoms with E-state index in [2.05, 4.69) is 39.7 Å². The molecule has 0 bridgehead atoms. The fraction of sp³-hybridized carbons (Fsp3) is 0.424. The van der Waals surface area contributed by atoms with Crippen LogP contribution in [0.3, 0.4) is 0 Å². The van der Waals surface area contributed by atoms with E-state index in [1.807, 2.05) is 24.3 Å². The van der Waals surface area contributed by atoms with Crippen LogP contribution in [0.25, 0.3) is 11.1 Å². The van der Waals surface area contributed by atoms with Crippen LogP contribution in [0.2, 0.25) is 10.0 Å². The fourth-order valence-electron chi connectivity index (χ4n) is 4.95. The van der Waals surface area contributed by atoms with Gasteiger partial charge in [-0.3, -0.25) is 9.78 Å². The second kappa shape index (κ2) is 15.7. The van der Waals surface area contributed by atoms with Gasteiger partial charge in [-0.15, -0.1) is 0 Å². The summed E-state index contributed by atoms with van der Waals surface area (Å²) in [5, 5.41) is 6.78. The van der Waals surface area contributed by atoms with Crippen LogP contribution in [0.5, 0.6) is 0 Å². The number of amides is 2. The highest BCUT2D eigenvalue weighted by Crippen LogP contribution is 2.39. The van der Waals surface area contributed by atoms with Crippen molar-refractivity contribution in [2.24, 2.45) is 0 Å². The number of carbonyl (C=O) groups excluding carboxylic acids is 2. The Morgan fingerprint density at radius 3 is 2.36 bits per heavy atom. The van der Waals surface area contributed by atoms with Gasteiger partial charge < -0.3 is 29.7 Å². The Hall–Kier alpha value is -3.21. The Labute approximate surface area is 269 Å². The molecule has 3 aromatic rings. The lowest BCUT2D eigenvalue weighted by molar-refractivity contribution is 0.0400. The van der Waals surface area contributed by atoms with Gasteiger partial charge in [-0.05, 0) is 68.3 Å². The van der Waals surface area contributed by atoms with E-state index < -0.39 is 11.7 Å². The maximum atomic E-state index is 12.6. The molecule has 0 unspecified atom stereocenters. The van der Waals surface area contributed by atoms with Gasteiger partial charge in [-0.25, -0.2) is 4.79 Å². The smallest absolute Gasteiger partial charge is 0.407 e. The van der Waals surface area contributed by atoms with Crippen molar-refractivity contribution in [2.75, 3.05) is 53.1 Å². The first kappa shape index (κ1) is 33.7. The average molecular weight is 644 g/mol. The Kier molecular flexibility index (Phi) is 12.0. The number of halogens is 2. The van der Waals surface area contributed by atoms with Gasteiger partial charge in [0.05, 0.1) is 26.4 Å². The largest absolute Gasteiger partial charge is 0.444 e. The van der Waals surface area contributed by atoms with Crippen LogP contribution in [0.15, 0.2) is 54.7 Å². The third-order valence-electron chi connectivity index (χ3n) is 6.93. The summed E-state index contributed by atoms with van der Waals surface area (Å²) in [5.41, 5.74) is 5.17. The Morgan fingerprint density at radius 2 is 1.68 bits per heavy atom. The molecule has 2 heterocycles. The maximum absolute atomic E-state index is 12.6. The normalized spacial score (nSPS) is 15.0. The topological polar surface area (TPSA) is 102 Å². The zero-order chi connectivity index (χ0) is 31.7. The molecule has 0 aliphatic carbocycles. The van der Waals surface area contributed by atoms with Gasteiger partial charge in [0.15, 0.2) is 0 Å². The second-order valence-electron chi connectivity index (χ2n) is 11.7. The van der Waals surface area contributed by atoms with Crippen LogP contribution in [0, 0.1) is 0 Å². The summed E-state index contributed by atoms with van der Waals surface area (Å²) in [5.74, 6) is -0.137. The van der Waals surface area contributed by atoms with Crippen LogP contribution < -0.4 is 10.6 Å². The number of nitrogens with one attached hydrogen (secondary N) is 2. The summed E-state index contributed by atoms with van der Waals surface area (Å²) in [6.07, 6.45) is 1.24. The minimum atomic E-state index is -0.534. The van der Waals surface area contributed by atoms with Gasteiger partial charge in [-0.2, -0.15) is 0 Å². The molecule has 0 saturated carbocycles. The summed E-state index contributed by atoms with van der Waals surface area (Å²) >= 11 is 12.9. The van der Waals surface area contributed by atoms with Crippen molar-refractivity contribution in [1.82, 2.24) is 20.5 Å². The van der Waals surface area contributed by atoms with Gasteiger partial charge in [0.1, 0.15) is 11.3 Å². The number of aromatic nitrogens is 1. The number of fused-ring (bicyclic) bond motifs is 1. The van der Waals surface area contributed by atoms with E-state index in [0.717, 1.165) is 35.3 Å². The number of carbonyl (C=O) groups is 2. The molecule has 44 heavy (non-hydrogen) atoms. The second-order valence-corrected chi connectivity index (χ2v) is 12.5. The van der Waals surface area contributed by atoms with Crippen LogP contribution in [-0.4, -0.2) is 80.6 Å². The molecular weight excluding hydrogens is 603 g/mol. The van der Waals surface area contributed by atoms with Crippen LogP contribution in [0.1, 0.15) is 53.9 Å². The number of pyridine rings is 1. The van der Waals surface area contributed by atoms with Crippen LogP contribution >= 0.6 is 23.2 Å². The van der Waals surface area contributed by atoms with Gasteiger partial charge in [0.2, 0.25) is 0 Å². The molecule has 1 aliphatic rings. The van der Waals surface area contributed by atoms with Gasteiger partial charge in [0.25, 0.3) is 5.91 Å². The third kappa shape index (κ3) is 9.90. The van der Waals surface area contributed by atoms with Crippen molar-refractivity contribution in [1.29, 1.82) is 0 Å². The van der Waals surface area contributed by atoms with E-state index in [9.17, 15) is 9.59 Å². The number of ether oxygens (including phenoxy) is 3. The van der Waals surface area contributed by atoms with Gasteiger partial charge >= 0.3 is 6.09 Å². The average Bonchev–Trinajstić information content (AvgIpc) is 2.97. The van der Waals surface area contributed by atoms with Crippen molar-refractivity contribution in [3.8, 4) is 11.1 Å². The third-order valence-corrected chi connectivity index (χ3v) is 7.48. The summed E-state index contributed by atoms with van der Waals surface area (Å²) in [6.45, 7) is 9.18. The van der Waals surface area contributed by atoms with Crippen molar-refractivity contribution >= 4 is 35.2 Å². The number of benzene rings is 2. The summed E-state index contributed by atoms with van der Waals surface area (Å²) in [6, 6.07) is 15.8. The van der Waals surface area contributed by atoms with E-state index in [-0.39, 0.29) is 11.8 Å². The van der Waals surface area contributed by atoms with Crippen molar-refractivity contribution in [3.05, 3.63) is 87.2 Å². The molecule has 0 spiro atoms. The molecule has 9 nitrogen and oxygen atoms in total. The number of nitrogens with zero attached hydrogens (tertiary/aromatic N) is 2. The van der Waals surface area contributed by atoms with Crippen molar-refractivity contribution < 1.29 is 23.8 Å². The number of alkyl carbamates (subject to hydrolysis) is 1. The lowest BCUT2D eigenvalue weighted by atomic mass is 9.84. The summed E-state index contributed by atoms with van der Waals surface area (Å²) in [4.78, 5) is 30.8. The Bertz CT molecular complexity index is 1430. The minimum absolute atomic E-state index is 0.132. The van der Waals surface area contributed by atoms with E-state index in [0.29, 0.717) is 55.3 Å². The number of hydrogen-bond donors (Lipinski definition) is 2. The van der Waals surface area contributed by atoms with E-state index in [1.54, 1.807) is 39.1 Å². The highest BCUT2D eigenvalue weighted by atomic mass is 35.5. The van der Waals surface area contributed by atoms with Crippen molar-refractivity contribution in [3.63, 3.8) is 0 Å². The highest BCUT2D eigenvalue weighted by molar-refractivity contribution is 6.35. The Balaban J connectivity index is 1.21. The molecule has 1 aromatic heterocycles. The van der Waals surface area contributed by atoms with Crippen molar-refractivity contribution in [2.45, 2.75) is 38.8 Å². The van der Waals surface area contributed by atoms with E-state index in [4.69, 9.17) is 37.4 Å². The predicted molar refractivity (Wildman–Crippen MR) is 173 cm³/mol. The van der Waals surface area contributed by atoms with E-state index in [1.165, 1.54) is 5.56 Å². The molecule has 2 amide bonds. The minimum Gasteiger partial charge on any atom is -0.444 e. The molecule has 1 aliphatic heterocycles. The summed E-state index contributed by atoms with van der Waals surface area (Å²) in [7, 11) is 2.09. The molecule has 11 heteroatoms. The maximum Gasteiger partial charge on any atom is 0.407 e. The number of rotatable bonds is 12.